The lowest BCUT2D eigenvalue weighted by Crippen LogP contribution is -2.34. The molecule has 0 aliphatic heterocycles. The van der Waals surface area contributed by atoms with Gasteiger partial charge in [0.05, 0.1) is 18.7 Å². The van der Waals surface area contributed by atoms with Crippen LogP contribution in [-0.4, -0.2) is 38.6 Å². The fourth-order valence-electron chi connectivity index (χ4n) is 2.50. The molecule has 1 amide bonds. The second-order valence-electron chi connectivity index (χ2n) is 5.80. The number of carbonyl (C=O) groups excluding carboxylic acids is 1. The van der Waals surface area contributed by atoms with Gasteiger partial charge in [0.2, 0.25) is 0 Å². The number of rotatable bonds is 6. The van der Waals surface area contributed by atoms with Crippen LogP contribution in [0.15, 0.2) is 48.5 Å². The Kier molecular flexibility index (Phi) is 5.77. The van der Waals surface area contributed by atoms with E-state index in [0.29, 0.717) is 17.9 Å². The Morgan fingerprint density at radius 2 is 1.78 bits per heavy atom. The molecular weight excluding hydrogens is 288 g/mol. The molecule has 2 aromatic rings. The molecule has 0 heterocycles. The first-order valence-electron chi connectivity index (χ1n) is 7.67. The molecule has 0 aliphatic rings. The number of nitrogens with zero attached hydrogens (tertiary/aromatic N) is 1. The van der Waals surface area contributed by atoms with Crippen LogP contribution in [0.3, 0.4) is 0 Å². The maximum absolute atomic E-state index is 12.4. The Hall–Kier alpha value is -2.33. The van der Waals surface area contributed by atoms with E-state index in [1.807, 2.05) is 26.2 Å². The SMILES string of the molecule is COc1ccccc1C(=O)NC[C@@H](c1ccc(C)cc1)N(C)C. The minimum absolute atomic E-state index is 0.120. The number of methoxy groups -OCH3 is 1. The van der Waals surface area contributed by atoms with Gasteiger partial charge in [-0.15, -0.1) is 0 Å². The van der Waals surface area contributed by atoms with Gasteiger partial charge in [-0.3, -0.25) is 4.79 Å². The van der Waals surface area contributed by atoms with Crippen molar-refractivity contribution in [2.45, 2.75) is 13.0 Å². The topological polar surface area (TPSA) is 41.6 Å². The summed E-state index contributed by atoms with van der Waals surface area (Å²) < 4.78 is 5.25. The van der Waals surface area contributed by atoms with Crippen molar-refractivity contribution in [3.05, 3.63) is 65.2 Å². The van der Waals surface area contributed by atoms with Gasteiger partial charge < -0.3 is 15.0 Å². The quantitative estimate of drug-likeness (QED) is 0.891. The van der Waals surface area contributed by atoms with Gasteiger partial charge in [0.15, 0.2) is 0 Å². The van der Waals surface area contributed by atoms with Gasteiger partial charge in [-0.1, -0.05) is 42.0 Å². The monoisotopic (exact) mass is 312 g/mol. The van der Waals surface area contributed by atoms with Crippen LogP contribution in [-0.2, 0) is 0 Å². The van der Waals surface area contributed by atoms with E-state index >= 15 is 0 Å². The van der Waals surface area contributed by atoms with Crippen LogP contribution in [0.4, 0.5) is 0 Å². The van der Waals surface area contributed by atoms with E-state index in [1.165, 1.54) is 11.1 Å². The van der Waals surface area contributed by atoms with Crippen LogP contribution in [0.2, 0.25) is 0 Å². The summed E-state index contributed by atoms with van der Waals surface area (Å²) in [6, 6.07) is 15.8. The molecule has 4 nitrogen and oxygen atoms in total. The first kappa shape index (κ1) is 17.0. The molecule has 0 aromatic heterocycles. The summed E-state index contributed by atoms with van der Waals surface area (Å²) in [5, 5.41) is 3.01. The highest BCUT2D eigenvalue weighted by molar-refractivity contribution is 5.96. The lowest BCUT2D eigenvalue weighted by atomic mass is 10.0. The second kappa shape index (κ2) is 7.79. The first-order valence-corrected chi connectivity index (χ1v) is 7.67. The molecule has 1 atom stereocenters. The van der Waals surface area contributed by atoms with Gasteiger partial charge in [0.1, 0.15) is 5.75 Å². The summed E-state index contributed by atoms with van der Waals surface area (Å²) in [7, 11) is 5.60. The minimum atomic E-state index is -0.124. The highest BCUT2D eigenvalue weighted by Gasteiger charge is 2.17. The van der Waals surface area contributed by atoms with Crippen LogP contribution in [0.25, 0.3) is 0 Å². The number of carbonyl (C=O) groups is 1. The van der Waals surface area contributed by atoms with Gasteiger partial charge in [0.25, 0.3) is 5.91 Å². The van der Waals surface area contributed by atoms with Crippen LogP contribution in [0.5, 0.6) is 5.75 Å². The predicted molar refractivity (Wildman–Crippen MR) is 92.9 cm³/mol. The average Bonchev–Trinajstić information content (AvgIpc) is 2.56. The third kappa shape index (κ3) is 4.33. The number of amides is 1. The number of hydrogen-bond acceptors (Lipinski definition) is 3. The Morgan fingerprint density at radius 3 is 2.39 bits per heavy atom. The third-order valence-electron chi connectivity index (χ3n) is 3.89. The van der Waals surface area contributed by atoms with Gasteiger partial charge in [-0.2, -0.15) is 0 Å². The molecule has 0 saturated carbocycles. The number of nitrogens with one attached hydrogen (secondary N) is 1. The fourth-order valence-corrected chi connectivity index (χ4v) is 2.50. The standard InChI is InChI=1S/C19H24N2O2/c1-14-9-11-15(12-10-14)17(21(2)3)13-20-19(22)16-7-5-6-8-18(16)23-4/h5-12,17H,13H2,1-4H3,(H,20,22)/t17-/m0/s1. The van der Waals surface area contributed by atoms with Gasteiger partial charge in [0, 0.05) is 6.54 Å². The van der Waals surface area contributed by atoms with Crippen LogP contribution in [0.1, 0.15) is 27.5 Å². The number of ether oxygens (including phenoxy) is 1. The lowest BCUT2D eigenvalue weighted by molar-refractivity contribution is 0.0939. The summed E-state index contributed by atoms with van der Waals surface area (Å²) >= 11 is 0. The average molecular weight is 312 g/mol. The molecule has 2 aromatic carbocycles. The van der Waals surface area contributed by atoms with Crippen LogP contribution >= 0.6 is 0 Å². The zero-order chi connectivity index (χ0) is 16.8. The van der Waals surface area contributed by atoms with Crippen molar-refractivity contribution in [1.82, 2.24) is 10.2 Å². The molecule has 0 saturated heterocycles. The fraction of sp³-hybridized carbons (Fsp3) is 0.316. The Labute approximate surface area is 138 Å². The molecule has 0 radical (unpaired) electrons. The van der Waals surface area contributed by atoms with Crippen LogP contribution < -0.4 is 10.1 Å². The summed E-state index contributed by atoms with van der Waals surface area (Å²) in [5.41, 5.74) is 2.96. The number of para-hydroxylation sites is 1. The molecule has 0 aliphatic carbocycles. The molecular formula is C19H24N2O2. The van der Waals surface area contributed by atoms with Gasteiger partial charge in [-0.25, -0.2) is 0 Å². The van der Waals surface area contributed by atoms with Crippen molar-refractivity contribution >= 4 is 5.91 Å². The number of aryl methyl sites for hydroxylation is 1. The highest BCUT2D eigenvalue weighted by atomic mass is 16.5. The maximum atomic E-state index is 12.4. The summed E-state index contributed by atoms with van der Waals surface area (Å²) in [6.45, 7) is 2.60. The first-order chi connectivity index (χ1) is 11.0. The van der Waals surface area contributed by atoms with Crippen molar-refractivity contribution in [3.8, 4) is 5.75 Å². The van der Waals surface area contributed by atoms with Crippen molar-refractivity contribution < 1.29 is 9.53 Å². The van der Waals surface area contributed by atoms with Crippen molar-refractivity contribution in [2.75, 3.05) is 27.7 Å². The van der Waals surface area contributed by atoms with Crippen molar-refractivity contribution in [3.63, 3.8) is 0 Å². The Morgan fingerprint density at radius 1 is 1.13 bits per heavy atom. The van der Waals surface area contributed by atoms with Crippen molar-refractivity contribution in [1.29, 1.82) is 0 Å². The minimum Gasteiger partial charge on any atom is -0.496 e. The molecule has 0 fully saturated rings. The molecule has 4 heteroatoms. The lowest BCUT2D eigenvalue weighted by Gasteiger charge is -2.25. The zero-order valence-electron chi connectivity index (χ0n) is 14.2. The summed E-state index contributed by atoms with van der Waals surface area (Å²) in [4.78, 5) is 14.5. The second-order valence-corrected chi connectivity index (χ2v) is 5.80. The van der Waals surface area contributed by atoms with Gasteiger partial charge >= 0.3 is 0 Å². The number of likely N-dealkylation sites (N-methyl/N-ethyl adjacent to an activating group) is 1. The van der Waals surface area contributed by atoms with E-state index in [1.54, 1.807) is 19.2 Å². The molecule has 122 valence electrons. The molecule has 2 rings (SSSR count). The molecule has 23 heavy (non-hydrogen) atoms. The Balaban J connectivity index is 2.09. The Bertz CT molecular complexity index is 651. The van der Waals surface area contributed by atoms with Crippen LogP contribution in [0, 0.1) is 6.92 Å². The van der Waals surface area contributed by atoms with E-state index in [9.17, 15) is 4.79 Å². The van der Waals surface area contributed by atoms with E-state index in [-0.39, 0.29) is 11.9 Å². The summed E-state index contributed by atoms with van der Waals surface area (Å²) in [6.07, 6.45) is 0. The molecule has 0 unspecified atom stereocenters. The largest absolute Gasteiger partial charge is 0.496 e. The van der Waals surface area contributed by atoms with E-state index in [0.717, 1.165) is 0 Å². The molecule has 1 N–H and O–H groups in total. The predicted octanol–water partition coefficient (Wildman–Crippen LogP) is 3.04. The third-order valence-corrected chi connectivity index (χ3v) is 3.89. The van der Waals surface area contributed by atoms with E-state index in [4.69, 9.17) is 4.74 Å². The smallest absolute Gasteiger partial charge is 0.255 e. The zero-order valence-corrected chi connectivity index (χ0v) is 14.2. The normalized spacial score (nSPS) is 12.0. The maximum Gasteiger partial charge on any atom is 0.255 e. The van der Waals surface area contributed by atoms with E-state index in [2.05, 4.69) is 41.4 Å². The van der Waals surface area contributed by atoms with Crippen molar-refractivity contribution in [2.24, 2.45) is 0 Å². The number of benzene rings is 2. The summed E-state index contributed by atoms with van der Waals surface area (Å²) in [5.74, 6) is 0.461. The number of hydrogen-bond donors (Lipinski definition) is 1. The van der Waals surface area contributed by atoms with E-state index < -0.39 is 0 Å². The van der Waals surface area contributed by atoms with Gasteiger partial charge in [-0.05, 0) is 38.7 Å². The molecule has 0 bridgehead atoms. The highest BCUT2D eigenvalue weighted by Crippen LogP contribution is 2.20. The molecule has 0 spiro atoms.